The summed E-state index contributed by atoms with van der Waals surface area (Å²) in [6.07, 6.45) is 5.41. The first-order chi connectivity index (χ1) is 9.31. The highest BCUT2D eigenvalue weighted by molar-refractivity contribution is 5.79. The van der Waals surface area contributed by atoms with Crippen molar-refractivity contribution in [2.24, 2.45) is 11.7 Å². The first-order valence-corrected chi connectivity index (χ1v) is 7.34. The van der Waals surface area contributed by atoms with Crippen LogP contribution in [0.1, 0.15) is 37.7 Å². The van der Waals surface area contributed by atoms with Crippen LogP contribution < -0.4 is 5.73 Å². The zero-order valence-electron chi connectivity index (χ0n) is 11.6. The Labute approximate surface area is 115 Å². The molecule has 0 unspecified atom stereocenters. The van der Waals surface area contributed by atoms with E-state index in [2.05, 4.69) is 12.1 Å². The number of hydrogen-bond donors (Lipinski definition) is 1. The zero-order valence-corrected chi connectivity index (χ0v) is 11.6. The summed E-state index contributed by atoms with van der Waals surface area (Å²) in [6.45, 7) is 2.14. The number of nitrogens with two attached hydrogens (primary N) is 1. The summed E-state index contributed by atoms with van der Waals surface area (Å²) in [5, 5.41) is 0. The van der Waals surface area contributed by atoms with Gasteiger partial charge in [-0.25, -0.2) is 0 Å². The molecule has 0 heterocycles. The Bertz CT molecular complexity index is 385. The lowest BCUT2D eigenvalue weighted by molar-refractivity contribution is -0.136. The molecule has 1 aliphatic rings. The van der Waals surface area contributed by atoms with E-state index >= 15 is 0 Å². The van der Waals surface area contributed by atoms with Crippen LogP contribution in [0.2, 0.25) is 0 Å². The average Bonchev–Trinajstić information content (AvgIpc) is 2.98. The van der Waals surface area contributed by atoms with Gasteiger partial charge in [0, 0.05) is 19.0 Å². The van der Waals surface area contributed by atoms with Crippen LogP contribution in [-0.4, -0.2) is 23.9 Å². The van der Waals surface area contributed by atoms with E-state index in [0.29, 0.717) is 12.5 Å². The molecule has 0 spiro atoms. The molecule has 0 saturated heterocycles. The Balaban J connectivity index is 2.00. The van der Waals surface area contributed by atoms with Gasteiger partial charge in [-0.15, -0.1) is 0 Å². The quantitative estimate of drug-likeness (QED) is 0.854. The third kappa shape index (κ3) is 4.06. The van der Waals surface area contributed by atoms with Crippen molar-refractivity contribution in [3.05, 3.63) is 35.9 Å². The molecule has 1 amide bonds. The Kier molecular flexibility index (Phi) is 5.40. The van der Waals surface area contributed by atoms with Crippen LogP contribution in [0.25, 0.3) is 0 Å². The number of rotatable bonds is 6. The fourth-order valence-electron chi connectivity index (χ4n) is 2.78. The third-order valence-corrected chi connectivity index (χ3v) is 3.86. The van der Waals surface area contributed by atoms with Crippen LogP contribution in [0.15, 0.2) is 30.3 Å². The van der Waals surface area contributed by atoms with Crippen molar-refractivity contribution in [1.82, 2.24) is 4.90 Å². The van der Waals surface area contributed by atoms with Gasteiger partial charge in [-0.3, -0.25) is 4.79 Å². The molecule has 0 aromatic heterocycles. The molecule has 3 heteroatoms. The molecule has 104 valence electrons. The van der Waals surface area contributed by atoms with E-state index in [0.717, 1.165) is 32.4 Å². The van der Waals surface area contributed by atoms with Crippen LogP contribution in [0.4, 0.5) is 0 Å². The van der Waals surface area contributed by atoms with Crippen molar-refractivity contribution in [2.45, 2.75) is 38.6 Å². The second kappa shape index (κ2) is 7.29. The van der Waals surface area contributed by atoms with Crippen LogP contribution >= 0.6 is 0 Å². The maximum Gasteiger partial charge on any atom is 0.225 e. The van der Waals surface area contributed by atoms with E-state index in [1.54, 1.807) is 0 Å². The van der Waals surface area contributed by atoms with Gasteiger partial charge in [0.1, 0.15) is 0 Å². The number of benzene rings is 1. The highest BCUT2D eigenvalue weighted by Crippen LogP contribution is 2.27. The second-order valence-electron chi connectivity index (χ2n) is 5.37. The molecule has 0 aliphatic heterocycles. The minimum atomic E-state index is 0.251. The van der Waals surface area contributed by atoms with Crippen molar-refractivity contribution >= 4 is 5.91 Å². The predicted molar refractivity (Wildman–Crippen MR) is 77.5 cm³/mol. The molecule has 0 atom stereocenters. The van der Waals surface area contributed by atoms with Crippen molar-refractivity contribution in [3.8, 4) is 0 Å². The fraction of sp³-hybridized carbons (Fsp3) is 0.562. The molecule has 1 saturated carbocycles. The topological polar surface area (TPSA) is 46.3 Å². The summed E-state index contributed by atoms with van der Waals surface area (Å²) >= 11 is 0. The molecule has 2 rings (SSSR count). The van der Waals surface area contributed by atoms with Crippen LogP contribution in [0, 0.1) is 5.92 Å². The van der Waals surface area contributed by atoms with Gasteiger partial charge in [-0.2, -0.15) is 0 Å². The van der Waals surface area contributed by atoms with Gasteiger partial charge >= 0.3 is 0 Å². The highest BCUT2D eigenvalue weighted by atomic mass is 16.2. The number of carbonyl (C=O) groups is 1. The van der Waals surface area contributed by atoms with E-state index in [-0.39, 0.29) is 5.92 Å². The van der Waals surface area contributed by atoms with E-state index in [1.807, 2.05) is 23.1 Å². The van der Waals surface area contributed by atoms with Gasteiger partial charge in [-0.1, -0.05) is 43.2 Å². The summed E-state index contributed by atoms with van der Waals surface area (Å²) in [6, 6.07) is 10.2. The first kappa shape index (κ1) is 14.1. The predicted octanol–water partition coefficient (Wildman–Crippen LogP) is 2.55. The van der Waals surface area contributed by atoms with Crippen LogP contribution in [-0.2, 0) is 11.3 Å². The standard InChI is InChI=1S/C16H24N2O/c17-11-6-12-18(13-14-7-2-1-3-8-14)16(19)15-9-4-5-10-15/h1-3,7-8,15H,4-6,9-13,17H2. The Morgan fingerprint density at radius 1 is 1.21 bits per heavy atom. The fourth-order valence-corrected chi connectivity index (χ4v) is 2.78. The van der Waals surface area contributed by atoms with Gasteiger partial charge in [-0.05, 0) is 31.4 Å². The minimum absolute atomic E-state index is 0.251. The lowest BCUT2D eigenvalue weighted by Crippen LogP contribution is -2.36. The number of amides is 1. The first-order valence-electron chi connectivity index (χ1n) is 7.34. The van der Waals surface area contributed by atoms with Crippen molar-refractivity contribution in [1.29, 1.82) is 0 Å². The van der Waals surface area contributed by atoms with E-state index in [1.165, 1.54) is 18.4 Å². The molecule has 19 heavy (non-hydrogen) atoms. The minimum Gasteiger partial charge on any atom is -0.338 e. The third-order valence-electron chi connectivity index (χ3n) is 3.86. The Morgan fingerprint density at radius 2 is 1.89 bits per heavy atom. The largest absolute Gasteiger partial charge is 0.338 e. The molecule has 3 nitrogen and oxygen atoms in total. The smallest absolute Gasteiger partial charge is 0.225 e. The van der Waals surface area contributed by atoms with E-state index in [4.69, 9.17) is 5.73 Å². The molecule has 1 fully saturated rings. The summed E-state index contributed by atoms with van der Waals surface area (Å²) in [7, 11) is 0. The SMILES string of the molecule is NCCCN(Cc1ccccc1)C(=O)C1CCCC1. The molecule has 1 aromatic carbocycles. The molecular formula is C16H24N2O. The molecule has 1 aliphatic carbocycles. The summed E-state index contributed by atoms with van der Waals surface area (Å²) in [4.78, 5) is 14.5. The molecule has 0 radical (unpaired) electrons. The Morgan fingerprint density at radius 3 is 2.53 bits per heavy atom. The van der Waals surface area contributed by atoms with Gasteiger partial charge < -0.3 is 10.6 Å². The van der Waals surface area contributed by atoms with Gasteiger partial charge in [0.2, 0.25) is 5.91 Å². The maximum atomic E-state index is 12.5. The van der Waals surface area contributed by atoms with E-state index < -0.39 is 0 Å². The van der Waals surface area contributed by atoms with Gasteiger partial charge in [0.15, 0.2) is 0 Å². The average molecular weight is 260 g/mol. The summed E-state index contributed by atoms with van der Waals surface area (Å²) in [5.41, 5.74) is 6.79. The molecule has 2 N–H and O–H groups in total. The van der Waals surface area contributed by atoms with Crippen LogP contribution in [0.3, 0.4) is 0 Å². The normalized spacial score (nSPS) is 15.6. The number of carbonyl (C=O) groups excluding carboxylic acids is 1. The van der Waals surface area contributed by atoms with Crippen LogP contribution in [0.5, 0.6) is 0 Å². The molecule has 1 aromatic rings. The lowest BCUT2D eigenvalue weighted by atomic mass is 10.1. The summed E-state index contributed by atoms with van der Waals surface area (Å²) < 4.78 is 0. The monoisotopic (exact) mass is 260 g/mol. The van der Waals surface area contributed by atoms with Crippen molar-refractivity contribution in [3.63, 3.8) is 0 Å². The maximum absolute atomic E-state index is 12.5. The van der Waals surface area contributed by atoms with E-state index in [9.17, 15) is 4.79 Å². The number of hydrogen-bond acceptors (Lipinski definition) is 2. The van der Waals surface area contributed by atoms with Crippen molar-refractivity contribution < 1.29 is 4.79 Å². The lowest BCUT2D eigenvalue weighted by Gasteiger charge is -2.25. The summed E-state index contributed by atoms with van der Waals surface area (Å²) in [5.74, 6) is 0.580. The number of nitrogens with zero attached hydrogens (tertiary/aromatic N) is 1. The van der Waals surface area contributed by atoms with Gasteiger partial charge in [0.05, 0.1) is 0 Å². The molecule has 0 bridgehead atoms. The highest BCUT2D eigenvalue weighted by Gasteiger charge is 2.26. The van der Waals surface area contributed by atoms with Crippen molar-refractivity contribution in [2.75, 3.05) is 13.1 Å². The van der Waals surface area contributed by atoms with Gasteiger partial charge in [0.25, 0.3) is 0 Å². The second-order valence-corrected chi connectivity index (χ2v) is 5.37. The molecular weight excluding hydrogens is 236 g/mol. The zero-order chi connectivity index (χ0) is 13.5. The Hall–Kier alpha value is -1.35.